The summed E-state index contributed by atoms with van der Waals surface area (Å²) in [5, 5.41) is 8.85. The van der Waals surface area contributed by atoms with Gasteiger partial charge in [0.15, 0.2) is 5.65 Å². The Balaban J connectivity index is 2.30. The van der Waals surface area contributed by atoms with Crippen LogP contribution in [-0.2, 0) is 6.54 Å². The predicted molar refractivity (Wildman–Crippen MR) is 69.3 cm³/mol. The summed E-state index contributed by atoms with van der Waals surface area (Å²) in [6.45, 7) is 0.00231. The number of anilines is 1. The summed E-state index contributed by atoms with van der Waals surface area (Å²) in [7, 11) is 0. The number of nitriles is 1. The van der Waals surface area contributed by atoms with E-state index < -0.39 is 0 Å². The van der Waals surface area contributed by atoms with E-state index in [4.69, 9.17) is 11.0 Å². The zero-order chi connectivity index (χ0) is 13.4. The van der Waals surface area contributed by atoms with Crippen molar-refractivity contribution in [3.05, 3.63) is 16.7 Å². The van der Waals surface area contributed by atoms with Crippen molar-refractivity contribution < 1.29 is 0 Å². The van der Waals surface area contributed by atoms with E-state index in [1.165, 1.54) is 10.8 Å². The van der Waals surface area contributed by atoms with Gasteiger partial charge in [-0.1, -0.05) is 12.8 Å². The number of nitrogen functional groups attached to an aromatic ring is 1. The van der Waals surface area contributed by atoms with E-state index in [0.717, 1.165) is 25.7 Å². The van der Waals surface area contributed by atoms with Gasteiger partial charge < -0.3 is 5.73 Å². The lowest BCUT2D eigenvalue weighted by atomic mass is 10.2. The molecule has 0 atom stereocenters. The highest BCUT2D eigenvalue weighted by Crippen LogP contribution is 2.30. The summed E-state index contributed by atoms with van der Waals surface area (Å²) >= 11 is 0. The highest BCUT2D eigenvalue weighted by atomic mass is 16.1. The van der Waals surface area contributed by atoms with Crippen LogP contribution in [-0.4, -0.2) is 19.1 Å². The Morgan fingerprint density at radius 1 is 1.47 bits per heavy atom. The highest BCUT2D eigenvalue weighted by Gasteiger charge is 2.24. The number of nitrogens with two attached hydrogens (primary N) is 1. The Labute approximate surface area is 109 Å². The molecule has 2 aromatic heterocycles. The first-order valence-corrected chi connectivity index (χ1v) is 6.32. The van der Waals surface area contributed by atoms with Gasteiger partial charge in [0.1, 0.15) is 12.1 Å². The number of imidazole rings is 1. The molecule has 0 aliphatic heterocycles. The molecule has 0 amide bonds. The summed E-state index contributed by atoms with van der Waals surface area (Å²) in [4.78, 5) is 20.5. The van der Waals surface area contributed by atoms with Gasteiger partial charge in [0.25, 0.3) is 0 Å². The summed E-state index contributed by atoms with van der Waals surface area (Å²) in [6, 6.07) is 2.16. The number of aromatic nitrogens is 4. The molecule has 2 aromatic rings. The second kappa shape index (κ2) is 4.39. The van der Waals surface area contributed by atoms with Crippen molar-refractivity contribution in [2.75, 3.05) is 5.73 Å². The molecule has 7 nitrogen and oxygen atoms in total. The maximum absolute atomic E-state index is 12.4. The van der Waals surface area contributed by atoms with Crippen LogP contribution in [0.4, 0.5) is 5.95 Å². The van der Waals surface area contributed by atoms with E-state index in [0.29, 0.717) is 11.2 Å². The Morgan fingerprint density at radius 2 is 2.21 bits per heavy atom. The molecule has 0 unspecified atom stereocenters. The number of nitrogens with zero attached hydrogens (tertiary/aromatic N) is 5. The molecule has 19 heavy (non-hydrogen) atoms. The van der Waals surface area contributed by atoms with E-state index in [1.54, 1.807) is 4.57 Å². The van der Waals surface area contributed by atoms with Crippen LogP contribution in [0.15, 0.2) is 11.0 Å². The smallest absolute Gasteiger partial charge is 0.331 e. The normalized spacial score (nSPS) is 15.9. The van der Waals surface area contributed by atoms with Crippen LogP contribution < -0.4 is 11.4 Å². The standard InChI is InChI=1S/C12H14N6O/c13-5-6-17-9-7-15-11(14)16-10(9)18(12(17)19)8-3-1-2-4-8/h7-8H,1-4,6H2,(H2,14,15,16). The third kappa shape index (κ3) is 1.76. The van der Waals surface area contributed by atoms with Crippen molar-refractivity contribution in [1.29, 1.82) is 5.26 Å². The third-order valence-corrected chi connectivity index (χ3v) is 3.64. The molecular formula is C12H14N6O. The molecule has 1 aliphatic carbocycles. The van der Waals surface area contributed by atoms with E-state index in [2.05, 4.69) is 9.97 Å². The van der Waals surface area contributed by atoms with Crippen LogP contribution in [0.3, 0.4) is 0 Å². The fraction of sp³-hybridized carbons (Fsp3) is 0.500. The number of fused-ring (bicyclic) bond motifs is 1. The van der Waals surface area contributed by atoms with Crippen molar-refractivity contribution in [3.63, 3.8) is 0 Å². The summed E-state index contributed by atoms with van der Waals surface area (Å²) < 4.78 is 3.09. The predicted octanol–water partition coefficient (Wildman–Crippen LogP) is 0.814. The molecule has 1 saturated carbocycles. The van der Waals surface area contributed by atoms with Crippen molar-refractivity contribution >= 4 is 17.1 Å². The summed E-state index contributed by atoms with van der Waals surface area (Å²) in [6.07, 6.45) is 5.68. The Morgan fingerprint density at radius 3 is 2.89 bits per heavy atom. The minimum Gasteiger partial charge on any atom is -0.368 e. The molecule has 1 fully saturated rings. The molecule has 3 rings (SSSR count). The Bertz CT molecular complexity index is 716. The van der Waals surface area contributed by atoms with Crippen LogP contribution in [0.5, 0.6) is 0 Å². The van der Waals surface area contributed by atoms with Crippen molar-refractivity contribution in [2.45, 2.75) is 38.3 Å². The van der Waals surface area contributed by atoms with Gasteiger partial charge in [0.05, 0.1) is 12.3 Å². The Hall–Kier alpha value is -2.36. The summed E-state index contributed by atoms with van der Waals surface area (Å²) in [5.74, 6) is 0.147. The van der Waals surface area contributed by atoms with Crippen LogP contribution in [0.2, 0.25) is 0 Å². The van der Waals surface area contributed by atoms with E-state index in [1.807, 2.05) is 6.07 Å². The van der Waals surface area contributed by atoms with Gasteiger partial charge in [-0.3, -0.25) is 9.13 Å². The van der Waals surface area contributed by atoms with Gasteiger partial charge in [-0.05, 0) is 12.8 Å². The first kappa shape index (κ1) is 11.7. The van der Waals surface area contributed by atoms with E-state index >= 15 is 0 Å². The second-order valence-corrected chi connectivity index (χ2v) is 4.77. The molecule has 0 saturated heterocycles. The minimum absolute atomic E-state index is 0.00231. The SMILES string of the molecule is N#CCn1c(=O)n(C2CCCC2)c2nc(N)ncc21. The monoisotopic (exact) mass is 258 g/mol. The van der Waals surface area contributed by atoms with E-state index in [9.17, 15) is 4.79 Å². The molecule has 0 radical (unpaired) electrons. The molecule has 0 bridgehead atoms. The van der Waals surface area contributed by atoms with Gasteiger partial charge in [-0.2, -0.15) is 10.2 Å². The molecule has 0 spiro atoms. The largest absolute Gasteiger partial charge is 0.368 e. The molecule has 7 heteroatoms. The minimum atomic E-state index is -0.191. The maximum Gasteiger partial charge on any atom is 0.331 e. The maximum atomic E-state index is 12.4. The number of rotatable bonds is 2. The van der Waals surface area contributed by atoms with E-state index in [-0.39, 0.29) is 24.2 Å². The van der Waals surface area contributed by atoms with Crippen LogP contribution in [0, 0.1) is 11.3 Å². The van der Waals surface area contributed by atoms with Crippen LogP contribution in [0.25, 0.3) is 11.2 Å². The van der Waals surface area contributed by atoms with Gasteiger partial charge in [0.2, 0.25) is 5.95 Å². The van der Waals surface area contributed by atoms with Crippen molar-refractivity contribution in [3.8, 4) is 6.07 Å². The highest BCUT2D eigenvalue weighted by molar-refractivity contribution is 5.72. The van der Waals surface area contributed by atoms with Crippen LogP contribution >= 0.6 is 0 Å². The first-order valence-electron chi connectivity index (χ1n) is 6.32. The molecule has 1 aliphatic rings. The zero-order valence-electron chi connectivity index (χ0n) is 10.4. The van der Waals surface area contributed by atoms with Gasteiger partial charge >= 0.3 is 5.69 Å². The van der Waals surface area contributed by atoms with Crippen molar-refractivity contribution in [1.82, 2.24) is 19.1 Å². The third-order valence-electron chi connectivity index (χ3n) is 3.64. The van der Waals surface area contributed by atoms with Gasteiger partial charge in [-0.15, -0.1) is 0 Å². The van der Waals surface area contributed by atoms with Gasteiger partial charge in [0, 0.05) is 6.04 Å². The number of hydrogen-bond donors (Lipinski definition) is 1. The average molecular weight is 258 g/mol. The molecular weight excluding hydrogens is 244 g/mol. The lowest BCUT2D eigenvalue weighted by Crippen LogP contribution is -2.26. The second-order valence-electron chi connectivity index (χ2n) is 4.77. The fourth-order valence-electron chi connectivity index (χ4n) is 2.79. The quantitative estimate of drug-likeness (QED) is 0.858. The fourth-order valence-corrected chi connectivity index (χ4v) is 2.79. The molecule has 98 valence electrons. The molecule has 0 aromatic carbocycles. The van der Waals surface area contributed by atoms with Crippen molar-refractivity contribution in [2.24, 2.45) is 0 Å². The van der Waals surface area contributed by atoms with Crippen LogP contribution in [0.1, 0.15) is 31.7 Å². The van der Waals surface area contributed by atoms with Gasteiger partial charge in [-0.25, -0.2) is 9.78 Å². The average Bonchev–Trinajstić information content (AvgIpc) is 2.98. The Kier molecular flexibility index (Phi) is 2.71. The lowest BCUT2D eigenvalue weighted by molar-refractivity contribution is 0.504. The lowest BCUT2D eigenvalue weighted by Gasteiger charge is -2.10. The number of hydrogen-bond acceptors (Lipinski definition) is 5. The molecule has 2 heterocycles. The summed E-state index contributed by atoms with van der Waals surface area (Å²) in [5.41, 5.74) is 6.54. The topological polar surface area (TPSA) is 103 Å². The zero-order valence-corrected chi connectivity index (χ0v) is 10.4. The first-order chi connectivity index (χ1) is 9.22. The molecule has 2 N–H and O–H groups in total.